The van der Waals surface area contributed by atoms with Crippen LogP contribution in [0.4, 0.5) is 16.2 Å². The van der Waals surface area contributed by atoms with Gasteiger partial charge in [0.1, 0.15) is 17.2 Å². The molecule has 3 amide bonds. The highest BCUT2D eigenvalue weighted by Crippen LogP contribution is 2.30. The van der Waals surface area contributed by atoms with E-state index in [1.807, 2.05) is 6.92 Å². The first-order valence-electron chi connectivity index (χ1n) is 8.81. The van der Waals surface area contributed by atoms with Gasteiger partial charge in [0.05, 0.1) is 10.6 Å². The van der Waals surface area contributed by atoms with Crippen molar-refractivity contribution in [2.24, 2.45) is 0 Å². The van der Waals surface area contributed by atoms with Crippen molar-refractivity contribution < 1.29 is 18.9 Å². The number of nitrogens with one attached hydrogen (secondary N) is 1. The highest BCUT2D eigenvalue weighted by molar-refractivity contribution is 6.31. The number of benzene rings is 2. The summed E-state index contributed by atoms with van der Waals surface area (Å²) < 4.78 is 5.75. The fourth-order valence-electron chi connectivity index (χ4n) is 3.07. The predicted molar refractivity (Wildman–Crippen MR) is 111 cm³/mol. The van der Waals surface area contributed by atoms with Gasteiger partial charge in [-0.2, -0.15) is 0 Å². The first-order chi connectivity index (χ1) is 14.3. The van der Waals surface area contributed by atoms with Crippen LogP contribution in [0.5, 0.6) is 0 Å². The van der Waals surface area contributed by atoms with Crippen molar-refractivity contribution in [3.63, 3.8) is 0 Å². The molecule has 0 unspecified atom stereocenters. The third-order valence-electron chi connectivity index (χ3n) is 4.57. The fraction of sp³-hybridized carbons (Fsp3) is 0.0476. The summed E-state index contributed by atoms with van der Waals surface area (Å²) in [5, 5.41) is 14.0. The SMILES string of the molecule is Cc1ccc([N+](=O)[O-])cc1-c1ccc(/C=C2/NC(=O)N(c3ccc(Cl)cc3)C2=O)o1. The monoisotopic (exact) mass is 423 g/mol. The second kappa shape index (κ2) is 7.49. The van der Waals surface area contributed by atoms with Crippen LogP contribution in [-0.4, -0.2) is 16.9 Å². The van der Waals surface area contributed by atoms with Crippen LogP contribution < -0.4 is 10.2 Å². The maximum absolute atomic E-state index is 12.7. The summed E-state index contributed by atoms with van der Waals surface area (Å²) in [4.78, 5) is 36.5. The van der Waals surface area contributed by atoms with Crippen LogP contribution in [0, 0.1) is 17.0 Å². The molecule has 1 aliphatic rings. The Morgan fingerprint density at radius 2 is 1.83 bits per heavy atom. The number of nitrogens with zero attached hydrogens (tertiary/aromatic N) is 2. The van der Waals surface area contributed by atoms with E-state index in [-0.39, 0.29) is 11.4 Å². The third kappa shape index (κ3) is 3.56. The van der Waals surface area contributed by atoms with Crippen LogP contribution in [-0.2, 0) is 4.79 Å². The van der Waals surface area contributed by atoms with Gasteiger partial charge in [-0.05, 0) is 48.9 Å². The number of anilines is 1. The molecular weight excluding hydrogens is 410 g/mol. The molecule has 0 bridgehead atoms. The maximum atomic E-state index is 12.7. The van der Waals surface area contributed by atoms with Gasteiger partial charge in [-0.25, -0.2) is 9.69 Å². The fourth-order valence-corrected chi connectivity index (χ4v) is 3.19. The number of furan rings is 1. The third-order valence-corrected chi connectivity index (χ3v) is 4.83. The standard InChI is InChI=1S/C21H14ClN3O5/c1-12-2-5-15(25(28)29)10-17(12)19-9-8-16(30-19)11-18-20(26)24(21(27)23-18)14-6-3-13(22)4-7-14/h2-11H,1H3,(H,23,27)/b18-11+. The normalized spacial score (nSPS) is 15.0. The molecule has 3 aromatic rings. The minimum Gasteiger partial charge on any atom is -0.457 e. The first kappa shape index (κ1) is 19.4. The van der Waals surface area contributed by atoms with Crippen LogP contribution in [0.25, 0.3) is 17.4 Å². The molecule has 2 aromatic carbocycles. The molecule has 0 atom stereocenters. The lowest BCUT2D eigenvalue weighted by atomic mass is 10.1. The molecule has 2 heterocycles. The lowest BCUT2D eigenvalue weighted by Gasteiger charge is -2.11. The molecule has 1 aliphatic heterocycles. The smallest absolute Gasteiger partial charge is 0.333 e. The summed E-state index contributed by atoms with van der Waals surface area (Å²) in [6.07, 6.45) is 1.41. The summed E-state index contributed by atoms with van der Waals surface area (Å²) in [6.45, 7) is 1.81. The number of rotatable bonds is 4. The Kier molecular flexibility index (Phi) is 4.85. The zero-order chi connectivity index (χ0) is 21.4. The molecule has 1 fully saturated rings. The van der Waals surface area contributed by atoms with Crippen LogP contribution >= 0.6 is 11.6 Å². The van der Waals surface area contributed by atoms with Gasteiger partial charge >= 0.3 is 6.03 Å². The second-order valence-corrected chi connectivity index (χ2v) is 7.00. The minimum atomic E-state index is -0.588. The maximum Gasteiger partial charge on any atom is 0.333 e. The number of carbonyl (C=O) groups is 2. The molecule has 150 valence electrons. The summed E-state index contributed by atoms with van der Waals surface area (Å²) in [5.41, 5.74) is 1.75. The number of aryl methyl sites for hydroxylation is 1. The number of nitro benzene ring substituents is 1. The Labute approximate surface area is 175 Å². The average molecular weight is 424 g/mol. The van der Waals surface area contributed by atoms with E-state index >= 15 is 0 Å². The van der Waals surface area contributed by atoms with Crippen molar-refractivity contribution in [1.29, 1.82) is 0 Å². The number of nitro groups is 1. The van der Waals surface area contributed by atoms with E-state index in [9.17, 15) is 19.7 Å². The largest absolute Gasteiger partial charge is 0.457 e. The number of urea groups is 1. The average Bonchev–Trinajstić information content (AvgIpc) is 3.27. The second-order valence-electron chi connectivity index (χ2n) is 6.56. The van der Waals surface area contributed by atoms with Crippen molar-refractivity contribution in [2.75, 3.05) is 4.90 Å². The zero-order valence-corrected chi connectivity index (χ0v) is 16.3. The molecule has 4 rings (SSSR count). The van der Waals surface area contributed by atoms with Gasteiger partial charge in [0.25, 0.3) is 11.6 Å². The molecule has 0 radical (unpaired) electrons. The van der Waals surface area contributed by atoms with E-state index < -0.39 is 16.9 Å². The van der Waals surface area contributed by atoms with E-state index in [0.717, 1.165) is 10.5 Å². The van der Waals surface area contributed by atoms with Crippen molar-refractivity contribution in [3.05, 3.63) is 86.8 Å². The summed E-state index contributed by atoms with van der Waals surface area (Å²) in [5.74, 6) is 0.193. The Morgan fingerprint density at radius 3 is 2.53 bits per heavy atom. The molecule has 30 heavy (non-hydrogen) atoms. The van der Waals surface area contributed by atoms with E-state index in [1.54, 1.807) is 42.5 Å². The Morgan fingerprint density at radius 1 is 1.10 bits per heavy atom. The van der Waals surface area contributed by atoms with Crippen molar-refractivity contribution in [1.82, 2.24) is 5.32 Å². The van der Waals surface area contributed by atoms with Gasteiger partial charge in [0.15, 0.2) is 0 Å². The molecule has 1 saturated heterocycles. The van der Waals surface area contributed by atoms with Crippen LogP contribution in [0.15, 0.2) is 64.7 Å². The van der Waals surface area contributed by atoms with Crippen molar-refractivity contribution in [3.8, 4) is 11.3 Å². The van der Waals surface area contributed by atoms with Crippen LogP contribution in [0.2, 0.25) is 5.02 Å². The molecule has 0 saturated carbocycles. The van der Waals surface area contributed by atoms with Gasteiger partial charge in [0, 0.05) is 28.8 Å². The number of hydrogen-bond donors (Lipinski definition) is 1. The Bertz CT molecular complexity index is 1210. The first-order valence-corrected chi connectivity index (χ1v) is 9.19. The number of amides is 3. The molecule has 9 heteroatoms. The topological polar surface area (TPSA) is 106 Å². The van der Waals surface area contributed by atoms with Gasteiger partial charge in [-0.3, -0.25) is 14.9 Å². The van der Waals surface area contributed by atoms with Gasteiger partial charge in [-0.1, -0.05) is 17.7 Å². The summed E-state index contributed by atoms with van der Waals surface area (Å²) >= 11 is 5.85. The summed E-state index contributed by atoms with van der Waals surface area (Å²) in [7, 11) is 0. The number of non-ortho nitro benzene ring substituents is 1. The Balaban J connectivity index is 1.63. The molecule has 8 nitrogen and oxygen atoms in total. The lowest BCUT2D eigenvalue weighted by molar-refractivity contribution is -0.384. The highest BCUT2D eigenvalue weighted by atomic mass is 35.5. The molecular formula is C21H14ClN3O5. The zero-order valence-electron chi connectivity index (χ0n) is 15.6. The van der Waals surface area contributed by atoms with Gasteiger partial charge in [0.2, 0.25) is 0 Å². The van der Waals surface area contributed by atoms with Crippen LogP contribution in [0.1, 0.15) is 11.3 Å². The number of hydrogen-bond acceptors (Lipinski definition) is 5. The van der Waals surface area contributed by atoms with E-state index in [1.165, 1.54) is 18.2 Å². The van der Waals surface area contributed by atoms with Crippen LogP contribution in [0.3, 0.4) is 0 Å². The van der Waals surface area contributed by atoms with E-state index in [4.69, 9.17) is 16.0 Å². The lowest BCUT2D eigenvalue weighted by Crippen LogP contribution is -2.30. The van der Waals surface area contributed by atoms with E-state index in [0.29, 0.717) is 27.8 Å². The molecule has 0 aliphatic carbocycles. The number of imide groups is 1. The molecule has 0 spiro atoms. The summed E-state index contributed by atoms with van der Waals surface area (Å²) in [6, 6.07) is 13.5. The predicted octanol–water partition coefficient (Wildman–Crippen LogP) is 4.91. The quantitative estimate of drug-likeness (QED) is 0.277. The Hall–Kier alpha value is -3.91. The number of carbonyl (C=O) groups excluding carboxylic acids is 2. The highest BCUT2D eigenvalue weighted by Gasteiger charge is 2.35. The number of halogens is 1. The van der Waals surface area contributed by atoms with Gasteiger partial charge < -0.3 is 9.73 Å². The van der Waals surface area contributed by atoms with Crippen molar-refractivity contribution in [2.45, 2.75) is 6.92 Å². The molecule has 1 N–H and O–H groups in total. The van der Waals surface area contributed by atoms with Gasteiger partial charge in [-0.15, -0.1) is 0 Å². The minimum absolute atomic E-state index is 0.0478. The molecule has 1 aromatic heterocycles. The van der Waals surface area contributed by atoms with E-state index in [2.05, 4.69) is 5.32 Å². The van der Waals surface area contributed by atoms with Crippen molar-refractivity contribution >= 4 is 41.0 Å².